The maximum atomic E-state index is 5.68. The summed E-state index contributed by atoms with van der Waals surface area (Å²) >= 11 is 0. The molecule has 1 heterocycles. The Balaban J connectivity index is 1.94. The Morgan fingerprint density at radius 3 is 2.65 bits per heavy atom. The highest BCUT2D eigenvalue weighted by Crippen LogP contribution is 2.30. The summed E-state index contributed by atoms with van der Waals surface area (Å²) < 4.78 is 0. The second kappa shape index (κ2) is 6.72. The summed E-state index contributed by atoms with van der Waals surface area (Å²) in [5, 5.41) is 0. The van der Waals surface area contributed by atoms with Crippen LogP contribution < -0.4 is 11.3 Å². The van der Waals surface area contributed by atoms with Crippen LogP contribution in [0.5, 0.6) is 0 Å². The molecule has 0 spiro atoms. The first-order valence-electron chi connectivity index (χ1n) is 6.76. The first-order valence-corrected chi connectivity index (χ1v) is 6.76. The molecule has 1 aromatic heterocycles. The maximum Gasteiger partial charge on any atom is 0.0477 e. The van der Waals surface area contributed by atoms with Gasteiger partial charge in [-0.1, -0.05) is 44.6 Å². The van der Waals surface area contributed by atoms with E-state index in [0.29, 0.717) is 0 Å². The van der Waals surface area contributed by atoms with Crippen molar-refractivity contribution in [2.75, 3.05) is 0 Å². The highest BCUT2D eigenvalue weighted by Gasteiger charge is 2.18. The SMILES string of the molecule is NNC(CC1CCCCCC1)c1cccnc1. The van der Waals surface area contributed by atoms with Crippen molar-refractivity contribution >= 4 is 0 Å². The number of aromatic nitrogens is 1. The minimum Gasteiger partial charge on any atom is -0.271 e. The molecule has 3 heteroatoms. The lowest BCUT2D eigenvalue weighted by molar-refractivity contribution is 0.358. The molecule has 2 rings (SSSR count). The van der Waals surface area contributed by atoms with Crippen LogP contribution in [-0.2, 0) is 0 Å². The zero-order valence-electron chi connectivity index (χ0n) is 10.4. The average molecular weight is 233 g/mol. The molecular weight excluding hydrogens is 210 g/mol. The van der Waals surface area contributed by atoms with Gasteiger partial charge in [-0.05, 0) is 24.0 Å². The van der Waals surface area contributed by atoms with Gasteiger partial charge in [-0.15, -0.1) is 0 Å². The van der Waals surface area contributed by atoms with Crippen LogP contribution in [0.15, 0.2) is 24.5 Å². The van der Waals surface area contributed by atoms with Crippen LogP contribution in [0.3, 0.4) is 0 Å². The third kappa shape index (κ3) is 3.79. The van der Waals surface area contributed by atoms with E-state index in [2.05, 4.69) is 16.5 Å². The molecule has 0 bridgehead atoms. The van der Waals surface area contributed by atoms with Gasteiger partial charge < -0.3 is 0 Å². The van der Waals surface area contributed by atoms with Crippen LogP contribution in [0, 0.1) is 5.92 Å². The van der Waals surface area contributed by atoms with E-state index in [1.165, 1.54) is 44.1 Å². The number of hydrogen-bond acceptors (Lipinski definition) is 3. The van der Waals surface area contributed by atoms with Gasteiger partial charge in [0.15, 0.2) is 0 Å². The van der Waals surface area contributed by atoms with Gasteiger partial charge in [0.1, 0.15) is 0 Å². The summed E-state index contributed by atoms with van der Waals surface area (Å²) in [6.45, 7) is 0. The van der Waals surface area contributed by atoms with Crippen LogP contribution in [0.25, 0.3) is 0 Å². The van der Waals surface area contributed by atoms with Crippen molar-refractivity contribution in [1.82, 2.24) is 10.4 Å². The molecule has 0 saturated heterocycles. The maximum absolute atomic E-state index is 5.68. The number of rotatable bonds is 4. The van der Waals surface area contributed by atoms with Crippen molar-refractivity contribution in [1.29, 1.82) is 0 Å². The van der Waals surface area contributed by atoms with E-state index in [9.17, 15) is 0 Å². The van der Waals surface area contributed by atoms with Gasteiger partial charge in [-0.3, -0.25) is 16.3 Å². The summed E-state index contributed by atoms with van der Waals surface area (Å²) in [6.07, 6.45) is 13.2. The van der Waals surface area contributed by atoms with E-state index >= 15 is 0 Å². The summed E-state index contributed by atoms with van der Waals surface area (Å²) in [5.41, 5.74) is 4.15. The molecule has 1 aromatic rings. The fourth-order valence-corrected chi connectivity index (χ4v) is 2.82. The molecule has 0 aliphatic heterocycles. The van der Waals surface area contributed by atoms with E-state index in [-0.39, 0.29) is 6.04 Å². The van der Waals surface area contributed by atoms with Crippen molar-refractivity contribution in [3.63, 3.8) is 0 Å². The first kappa shape index (κ1) is 12.5. The van der Waals surface area contributed by atoms with Gasteiger partial charge in [0.2, 0.25) is 0 Å². The molecular formula is C14H23N3. The van der Waals surface area contributed by atoms with Crippen LogP contribution in [0.2, 0.25) is 0 Å². The van der Waals surface area contributed by atoms with Crippen molar-refractivity contribution in [2.24, 2.45) is 11.8 Å². The van der Waals surface area contributed by atoms with E-state index in [4.69, 9.17) is 5.84 Å². The molecule has 0 amide bonds. The average Bonchev–Trinajstić information content (AvgIpc) is 2.65. The molecule has 1 atom stereocenters. The molecule has 1 aliphatic rings. The summed E-state index contributed by atoms with van der Waals surface area (Å²) in [4.78, 5) is 4.17. The van der Waals surface area contributed by atoms with Crippen LogP contribution in [-0.4, -0.2) is 4.98 Å². The Bertz CT molecular complexity index is 305. The Morgan fingerprint density at radius 1 is 1.29 bits per heavy atom. The monoisotopic (exact) mass is 233 g/mol. The fourth-order valence-electron chi connectivity index (χ4n) is 2.82. The Morgan fingerprint density at radius 2 is 2.06 bits per heavy atom. The molecule has 1 unspecified atom stereocenters. The lowest BCUT2D eigenvalue weighted by Crippen LogP contribution is -2.29. The molecule has 0 aromatic carbocycles. The quantitative estimate of drug-likeness (QED) is 0.477. The van der Waals surface area contributed by atoms with E-state index in [0.717, 1.165) is 12.3 Å². The largest absolute Gasteiger partial charge is 0.271 e. The molecule has 94 valence electrons. The number of pyridine rings is 1. The minimum atomic E-state index is 0.256. The smallest absolute Gasteiger partial charge is 0.0477 e. The lowest BCUT2D eigenvalue weighted by atomic mass is 9.90. The van der Waals surface area contributed by atoms with Crippen molar-refractivity contribution in [3.8, 4) is 0 Å². The predicted molar refractivity (Wildman–Crippen MR) is 70.1 cm³/mol. The second-order valence-electron chi connectivity index (χ2n) is 5.10. The second-order valence-corrected chi connectivity index (χ2v) is 5.10. The molecule has 3 nitrogen and oxygen atoms in total. The third-order valence-corrected chi connectivity index (χ3v) is 3.83. The van der Waals surface area contributed by atoms with E-state index in [1.807, 2.05) is 18.5 Å². The number of nitrogens with one attached hydrogen (secondary N) is 1. The lowest BCUT2D eigenvalue weighted by Gasteiger charge is -2.22. The predicted octanol–water partition coefficient (Wildman–Crippen LogP) is 2.95. The molecule has 3 N–H and O–H groups in total. The zero-order chi connectivity index (χ0) is 11.9. The highest BCUT2D eigenvalue weighted by atomic mass is 15.2. The topological polar surface area (TPSA) is 50.9 Å². The number of hydrazine groups is 1. The standard InChI is InChI=1S/C14H23N3/c15-17-14(13-8-5-9-16-11-13)10-12-6-3-1-2-4-7-12/h5,8-9,11-12,14,17H,1-4,6-7,10,15H2. The normalized spacial score (nSPS) is 19.8. The Labute approximate surface area is 104 Å². The molecule has 17 heavy (non-hydrogen) atoms. The first-order chi connectivity index (χ1) is 8.40. The molecule has 1 fully saturated rings. The van der Waals surface area contributed by atoms with Crippen molar-refractivity contribution in [3.05, 3.63) is 30.1 Å². The fraction of sp³-hybridized carbons (Fsp3) is 0.643. The van der Waals surface area contributed by atoms with Gasteiger partial charge in [0, 0.05) is 18.4 Å². The van der Waals surface area contributed by atoms with Gasteiger partial charge >= 0.3 is 0 Å². The van der Waals surface area contributed by atoms with Crippen molar-refractivity contribution in [2.45, 2.75) is 51.0 Å². The van der Waals surface area contributed by atoms with E-state index in [1.54, 1.807) is 0 Å². The van der Waals surface area contributed by atoms with Gasteiger partial charge in [0.05, 0.1) is 0 Å². The van der Waals surface area contributed by atoms with Gasteiger partial charge in [-0.25, -0.2) is 0 Å². The molecule has 1 saturated carbocycles. The van der Waals surface area contributed by atoms with Crippen LogP contribution >= 0.6 is 0 Å². The zero-order valence-corrected chi connectivity index (χ0v) is 10.4. The molecule has 1 aliphatic carbocycles. The number of nitrogens with two attached hydrogens (primary N) is 1. The number of nitrogens with zero attached hydrogens (tertiary/aromatic N) is 1. The van der Waals surface area contributed by atoms with E-state index < -0.39 is 0 Å². The minimum absolute atomic E-state index is 0.256. The summed E-state index contributed by atoms with van der Waals surface area (Å²) in [6, 6.07) is 4.34. The number of hydrogen-bond donors (Lipinski definition) is 2. The summed E-state index contributed by atoms with van der Waals surface area (Å²) in [7, 11) is 0. The van der Waals surface area contributed by atoms with Crippen molar-refractivity contribution < 1.29 is 0 Å². The Hall–Kier alpha value is -0.930. The highest BCUT2D eigenvalue weighted by molar-refractivity contribution is 5.13. The van der Waals surface area contributed by atoms with Gasteiger partial charge in [0.25, 0.3) is 0 Å². The molecule has 0 radical (unpaired) electrons. The Kier molecular flexibility index (Phi) is 4.95. The summed E-state index contributed by atoms with van der Waals surface area (Å²) in [5.74, 6) is 6.50. The van der Waals surface area contributed by atoms with Crippen LogP contribution in [0.1, 0.15) is 56.6 Å². The van der Waals surface area contributed by atoms with Crippen LogP contribution in [0.4, 0.5) is 0 Å². The van der Waals surface area contributed by atoms with Gasteiger partial charge in [-0.2, -0.15) is 0 Å². The third-order valence-electron chi connectivity index (χ3n) is 3.83.